The second-order valence-electron chi connectivity index (χ2n) is 5.04. The Hall–Kier alpha value is -1.65. The first-order chi connectivity index (χ1) is 10.2. The molecule has 2 aromatic rings. The van der Waals surface area contributed by atoms with E-state index >= 15 is 0 Å². The van der Waals surface area contributed by atoms with Crippen LogP contribution in [0.3, 0.4) is 0 Å². The lowest BCUT2D eigenvalue weighted by Crippen LogP contribution is -2.26. The van der Waals surface area contributed by atoms with Crippen molar-refractivity contribution in [3.63, 3.8) is 0 Å². The largest absolute Gasteiger partial charge is 0.496 e. The smallest absolute Gasteiger partial charge is 0.163 e. The van der Waals surface area contributed by atoms with Gasteiger partial charge >= 0.3 is 0 Å². The van der Waals surface area contributed by atoms with Crippen LogP contribution in [-0.2, 0) is 19.4 Å². The van der Waals surface area contributed by atoms with Crippen molar-refractivity contribution in [1.82, 2.24) is 15.3 Å². The summed E-state index contributed by atoms with van der Waals surface area (Å²) in [7, 11) is 1.64. The number of hydrogen-bond acceptors (Lipinski definition) is 4. The Morgan fingerprint density at radius 2 is 2.19 bits per heavy atom. The first-order valence-corrected chi connectivity index (χ1v) is 7.54. The van der Waals surface area contributed by atoms with E-state index in [0.29, 0.717) is 10.8 Å². The average molecular weight is 304 g/mol. The van der Waals surface area contributed by atoms with Crippen LogP contribution in [0.15, 0.2) is 18.2 Å². The fraction of sp³-hybridized carbons (Fsp3) is 0.375. The average Bonchev–Trinajstić information content (AvgIpc) is 2.53. The molecule has 1 aromatic heterocycles. The molecule has 0 atom stereocenters. The molecule has 1 aliphatic heterocycles. The van der Waals surface area contributed by atoms with E-state index in [1.54, 1.807) is 13.2 Å². The molecule has 5 heteroatoms. The number of nitrogens with one attached hydrogen (secondary N) is 1. The molecule has 0 amide bonds. The van der Waals surface area contributed by atoms with E-state index in [-0.39, 0.29) is 0 Å². The molecular weight excluding hydrogens is 286 g/mol. The van der Waals surface area contributed by atoms with Crippen molar-refractivity contribution in [1.29, 1.82) is 0 Å². The normalized spacial score (nSPS) is 13.9. The number of hydrogen-bond donors (Lipinski definition) is 1. The van der Waals surface area contributed by atoms with Crippen LogP contribution in [0.2, 0.25) is 5.02 Å². The first-order valence-electron chi connectivity index (χ1n) is 7.16. The Balaban J connectivity index is 2.15. The second kappa shape index (κ2) is 6.00. The van der Waals surface area contributed by atoms with Crippen LogP contribution in [0, 0.1) is 0 Å². The standard InChI is InChI=1S/C16H18ClN3O/c1-3-13-12-9-18-7-6-14(12)20-16(19-13)11-5-4-10(17)8-15(11)21-2/h4-5,8,18H,3,6-7,9H2,1-2H3. The van der Waals surface area contributed by atoms with Crippen LogP contribution in [-0.4, -0.2) is 23.6 Å². The molecule has 0 radical (unpaired) electrons. The van der Waals surface area contributed by atoms with Gasteiger partial charge in [-0.05, 0) is 24.6 Å². The Kier molecular flexibility index (Phi) is 4.08. The summed E-state index contributed by atoms with van der Waals surface area (Å²) < 4.78 is 5.42. The van der Waals surface area contributed by atoms with E-state index in [1.807, 2.05) is 12.1 Å². The Morgan fingerprint density at radius 1 is 1.33 bits per heavy atom. The van der Waals surface area contributed by atoms with Crippen molar-refractivity contribution in [3.05, 3.63) is 40.2 Å². The fourth-order valence-corrected chi connectivity index (χ4v) is 2.84. The number of aryl methyl sites for hydroxylation is 1. The van der Waals surface area contributed by atoms with E-state index < -0.39 is 0 Å². The Labute approximate surface area is 129 Å². The Bertz CT molecular complexity index is 656. The van der Waals surface area contributed by atoms with Crippen LogP contribution in [0.25, 0.3) is 11.4 Å². The number of rotatable bonds is 3. The van der Waals surface area contributed by atoms with Gasteiger partial charge in [0.25, 0.3) is 0 Å². The summed E-state index contributed by atoms with van der Waals surface area (Å²) in [6.07, 6.45) is 1.84. The topological polar surface area (TPSA) is 47.0 Å². The highest BCUT2D eigenvalue weighted by atomic mass is 35.5. The summed E-state index contributed by atoms with van der Waals surface area (Å²) in [5.41, 5.74) is 4.39. The van der Waals surface area contributed by atoms with Crippen LogP contribution in [0.4, 0.5) is 0 Å². The van der Waals surface area contributed by atoms with Crippen LogP contribution in [0.1, 0.15) is 23.9 Å². The lowest BCUT2D eigenvalue weighted by molar-refractivity contribution is 0.416. The van der Waals surface area contributed by atoms with E-state index in [0.717, 1.165) is 48.7 Å². The maximum Gasteiger partial charge on any atom is 0.163 e. The van der Waals surface area contributed by atoms with Gasteiger partial charge in [0.15, 0.2) is 5.82 Å². The predicted molar refractivity (Wildman–Crippen MR) is 83.8 cm³/mol. The van der Waals surface area contributed by atoms with Crippen molar-refractivity contribution >= 4 is 11.6 Å². The highest BCUT2D eigenvalue weighted by Crippen LogP contribution is 2.31. The maximum absolute atomic E-state index is 6.03. The number of halogens is 1. The zero-order valence-corrected chi connectivity index (χ0v) is 13.0. The molecule has 2 heterocycles. The third-order valence-electron chi connectivity index (χ3n) is 3.76. The molecule has 1 aliphatic rings. The molecule has 3 rings (SSSR count). The molecule has 4 nitrogen and oxygen atoms in total. The van der Waals surface area contributed by atoms with Crippen LogP contribution >= 0.6 is 11.6 Å². The van der Waals surface area contributed by atoms with Crippen LogP contribution in [0.5, 0.6) is 5.75 Å². The van der Waals surface area contributed by atoms with Crippen molar-refractivity contribution in [2.45, 2.75) is 26.3 Å². The molecule has 21 heavy (non-hydrogen) atoms. The molecular formula is C16H18ClN3O. The van der Waals surface area contributed by atoms with Crippen molar-refractivity contribution in [2.75, 3.05) is 13.7 Å². The third-order valence-corrected chi connectivity index (χ3v) is 3.99. The summed E-state index contributed by atoms with van der Waals surface area (Å²) in [6, 6.07) is 5.56. The summed E-state index contributed by atoms with van der Waals surface area (Å²) in [4.78, 5) is 9.50. The van der Waals surface area contributed by atoms with Gasteiger partial charge in [-0.3, -0.25) is 0 Å². The summed E-state index contributed by atoms with van der Waals surface area (Å²) in [5, 5.41) is 4.03. The molecule has 1 aromatic carbocycles. The van der Waals surface area contributed by atoms with Gasteiger partial charge in [0.05, 0.1) is 18.4 Å². The molecule has 0 saturated heterocycles. The maximum atomic E-state index is 6.03. The van der Waals surface area contributed by atoms with Gasteiger partial charge in [0.2, 0.25) is 0 Å². The van der Waals surface area contributed by atoms with E-state index in [1.165, 1.54) is 5.56 Å². The van der Waals surface area contributed by atoms with Crippen molar-refractivity contribution < 1.29 is 4.74 Å². The van der Waals surface area contributed by atoms with Gasteiger partial charge in [-0.25, -0.2) is 9.97 Å². The van der Waals surface area contributed by atoms with Gasteiger partial charge in [-0.15, -0.1) is 0 Å². The quantitative estimate of drug-likeness (QED) is 0.947. The second-order valence-corrected chi connectivity index (χ2v) is 5.48. The number of ether oxygens (including phenoxy) is 1. The minimum Gasteiger partial charge on any atom is -0.496 e. The number of benzene rings is 1. The molecule has 110 valence electrons. The number of fused-ring (bicyclic) bond motifs is 1. The van der Waals surface area contributed by atoms with E-state index in [9.17, 15) is 0 Å². The molecule has 0 saturated carbocycles. The fourth-order valence-electron chi connectivity index (χ4n) is 2.68. The predicted octanol–water partition coefficient (Wildman–Crippen LogP) is 3.01. The zero-order valence-electron chi connectivity index (χ0n) is 12.2. The first kappa shape index (κ1) is 14.3. The van der Waals surface area contributed by atoms with E-state index in [4.69, 9.17) is 26.3 Å². The number of nitrogens with zero attached hydrogens (tertiary/aromatic N) is 2. The molecule has 0 spiro atoms. The Morgan fingerprint density at radius 3 is 2.95 bits per heavy atom. The molecule has 0 fully saturated rings. The molecule has 1 N–H and O–H groups in total. The van der Waals surface area contributed by atoms with Crippen molar-refractivity contribution in [2.24, 2.45) is 0 Å². The lowest BCUT2D eigenvalue weighted by atomic mass is 10.0. The SMILES string of the molecule is CCc1nc(-c2ccc(Cl)cc2OC)nc2c1CNCC2. The number of aromatic nitrogens is 2. The third kappa shape index (κ3) is 2.74. The molecule has 0 unspecified atom stereocenters. The van der Waals surface area contributed by atoms with Crippen LogP contribution < -0.4 is 10.1 Å². The summed E-state index contributed by atoms with van der Waals surface area (Å²) >= 11 is 6.03. The highest BCUT2D eigenvalue weighted by Gasteiger charge is 2.18. The zero-order chi connectivity index (χ0) is 14.8. The lowest BCUT2D eigenvalue weighted by Gasteiger charge is -2.20. The van der Waals surface area contributed by atoms with Gasteiger partial charge in [0, 0.05) is 35.8 Å². The van der Waals surface area contributed by atoms with Gasteiger partial charge in [-0.2, -0.15) is 0 Å². The monoisotopic (exact) mass is 303 g/mol. The minimum absolute atomic E-state index is 0.647. The molecule has 0 aliphatic carbocycles. The molecule has 0 bridgehead atoms. The van der Waals surface area contributed by atoms with E-state index in [2.05, 4.69) is 12.2 Å². The van der Waals surface area contributed by atoms with Crippen molar-refractivity contribution in [3.8, 4) is 17.1 Å². The van der Waals surface area contributed by atoms with Gasteiger partial charge in [-0.1, -0.05) is 18.5 Å². The summed E-state index contributed by atoms with van der Waals surface area (Å²) in [5.74, 6) is 1.43. The van der Waals surface area contributed by atoms with Gasteiger partial charge < -0.3 is 10.1 Å². The highest BCUT2D eigenvalue weighted by molar-refractivity contribution is 6.30. The van der Waals surface area contributed by atoms with Gasteiger partial charge in [0.1, 0.15) is 5.75 Å². The number of methoxy groups -OCH3 is 1. The summed E-state index contributed by atoms with van der Waals surface area (Å²) in [6.45, 7) is 3.95. The minimum atomic E-state index is 0.647.